The second kappa shape index (κ2) is 8.91. The molecule has 2 aromatic rings. The van der Waals surface area contributed by atoms with Gasteiger partial charge in [-0.2, -0.15) is 0 Å². The summed E-state index contributed by atoms with van der Waals surface area (Å²) in [6.45, 7) is -0.798. The molecule has 29 heavy (non-hydrogen) atoms. The van der Waals surface area contributed by atoms with E-state index >= 15 is 0 Å². The normalized spacial score (nSPS) is 10.9. The number of carbonyl (C=O) groups is 2. The van der Waals surface area contributed by atoms with Crippen molar-refractivity contribution >= 4 is 23.3 Å². The summed E-state index contributed by atoms with van der Waals surface area (Å²) >= 11 is 0. The Bertz CT molecular complexity index is 931. The number of rotatable bonds is 8. The number of hydrogen-bond acceptors (Lipinski definition) is 6. The molecule has 0 atom stereocenters. The van der Waals surface area contributed by atoms with Crippen molar-refractivity contribution < 1.29 is 42.3 Å². The number of carboxylic acid groups (broad SMARTS) is 1. The summed E-state index contributed by atoms with van der Waals surface area (Å²) in [5, 5.41) is 21.8. The van der Waals surface area contributed by atoms with Crippen molar-refractivity contribution in [1.82, 2.24) is 0 Å². The van der Waals surface area contributed by atoms with Gasteiger partial charge in [0.15, 0.2) is 6.61 Å². The third kappa shape index (κ3) is 7.01. The number of non-ortho nitro benzene ring substituents is 1. The molecule has 0 saturated heterocycles. The Hall–Kier alpha value is -3.83. The Kier molecular flexibility index (Phi) is 6.59. The van der Waals surface area contributed by atoms with Crippen LogP contribution in [0.4, 0.5) is 24.5 Å². The number of carbonyl (C=O) groups excluding carboxylic acids is 1. The van der Waals surface area contributed by atoms with Crippen LogP contribution in [0.3, 0.4) is 0 Å². The first-order chi connectivity index (χ1) is 13.5. The number of hydrogen-bond donors (Lipinski definition) is 2. The van der Waals surface area contributed by atoms with E-state index in [0.717, 1.165) is 18.2 Å². The van der Waals surface area contributed by atoms with Crippen LogP contribution in [0.1, 0.15) is 5.56 Å². The average Bonchev–Trinajstić information content (AvgIpc) is 2.59. The van der Waals surface area contributed by atoms with Crippen molar-refractivity contribution in [1.29, 1.82) is 0 Å². The number of nitro groups is 1. The van der Waals surface area contributed by atoms with Crippen molar-refractivity contribution in [2.45, 2.75) is 12.8 Å². The number of anilines is 1. The molecule has 0 heterocycles. The first-order valence-electron chi connectivity index (χ1n) is 7.81. The van der Waals surface area contributed by atoms with E-state index in [1.807, 2.05) is 0 Å². The third-order valence-corrected chi connectivity index (χ3v) is 3.30. The van der Waals surface area contributed by atoms with Gasteiger partial charge in [0.05, 0.1) is 17.0 Å². The molecule has 1 amide bonds. The monoisotopic (exact) mass is 414 g/mol. The highest BCUT2D eigenvalue weighted by Crippen LogP contribution is 2.32. The highest BCUT2D eigenvalue weighted by atomic mass is 19.4. The van der Waals surface area contributed by atoms with E-state index in [1.54, 1.807) is 0 Å². The molecule has 0 aliphatic rings. The van der Waals surface area contributed by atoms with Crippen LogP contribution in [0.25, 0.3) is 0 Å². The highest BCUT2D eigenvalue weighted by molar-refractivity contribution is 5.94. The summed E-state index contributed by atoms with van der Waals surface area (Å²) in [5.74, 6) is -2.93. The van der Waals surface area contributed by atoms with E-state index in [9.17, 15) is 32.9 Å². The zero-order valence-corrected chi connectivity index (χ0v) is 14.4. The van der Waals surface area contributed by atoms with Gasteiger partial charge in [-0.15, -0.1) is 13.2 Å². The topological polar surface area (TPSA) is 128 Å². The number of carboxylic acids is 1. The predicted molar refractivity (Wildman–Crippen MR) is 91.7 cm³/mol. The first-order valence-corrected chi connectivity index (χ1v) is 7.81. The van der Waals surface area contributed by atoms with E-state index < -0.39 is 35.5 Å². The molecule has 2 rings (SSSR count). The third-order valence-electron chi connectivity index (χ3n) is 3.30. The van der Waals surface area contributed by atoms with Crippen LogP contribution in [0.5, 0.6) is 11.5 Å². The van der Waals surface area contributed by atoms with Gasteiger partial charge in [-0.05, 0) is 17.7 Å². The SMILES string of the molecule is O=C(O)COc1ccc(OC(F)(F)F)cc1NC(=O)Cc1cccc([N+](=O)[O-])c1. The van der Waals surface area contributed by atoms with Crippen LogP contribution in [0, 0.1) is 10.1 Å². The molecule has 12 heteroatoms. The van der Waals surface area contributed by atoms with E-state index in [2.05, 4.69) is 10.1 Å². The zero-order valence-electron chi connectivity index (χ0n) is 14.4. The van der Waals surface area contributed by atoms with Crippen LogP contribution in [-0.4, -0.2) is 34.9 Å². The van der Waals surface area contributed by atoms with Crippen molar-refractivity contribution in [3.63, 3.8) is 0 Å². The maximum atomic E-state index is 12.4. The number of halogens is 3. The maximum absolute atomic E-state index is 12.4. The molecule has 0 fully saturated rings. The first kappa shape index (κ1) is 21.5. The van der Waals surface area contributed by atoms with Crippen LogP contribution in [0.15, 0.2) is 42.5 Å². The standard InChI is InChI=1S/C17H13F3N2O7/c18-17(19,20)29-12-4-5-14(28-9-16(24)25)13(8-12)21-15(23)7-10-2-1-3-11(6-10)22(26)27/h1-6,8H,7,9H2,(H,21,23)(H,24,25). The second-order valence-corrected chi connectivity index (χ2v) is 5.54. The highest BCUT2D eigenvalue weighted by Gasteiger charge is 2.31. The molecule has 0 bridgehead atoms. The van der Waals surface area contributed by atoms with Crippen molar-refractivity contribution in [2.75, 3.05) is 11.9 Å². The molecule has 2 aromatic carbocycles. The molecule has 154 valence electrons. The van der Waals surface area contributed by atoms with Gasteiger partial charge in [0.25, 0.3) is 5.69 Å². The minimum absolute atomic E-state index is 0.200. The number of nitro benzene ring substituents is 1. The molecule has 0 aliphatic heterocycles. The number of alkyl halides is 3. The zero-order chi connectivity index (χ0) is 21.6. The van der Waals surface area contributed by atoms with E-state index in [1.165, 1.54) is 24.3 Å². The molecular weight excluding hydrogens is 401 g/mol. The summed E-state index contributed by atoms with van der Waals surface area (Å²) in [5.41, 5.74) is -0.211. The number of ether oxygens (including phenoxy) is 2. The molecule has 0 unspecified atom stereocenters. The molecule has 0 aliphatic carbocycles. The predicted octanol–water partition coefficient (Wildman–Crippen LogP) is 3.14. The number of benzene rings is 2. The van der Waals surface area contributed by atoms with Crippen LogP contribution >= 0.6 is 0 Å². The van der Waals surface area contributed by atoms with Gasteiger partial charge in [0.1, 0.15) is 11.5 Å². The lowest BCUT2D eigenvalue weighted by Crippen LogP contribution is -2.19. The smallest absolute Gasteiger partial charge is 0.480 e. The van der Waals surface area contributed by atoms with E-state index in [4.69, 9.17) is 9.84 Å². The summed E-state index contributed by atoms with van der Waals surface area (Å²) in [6.07, 6.45) is -5.31. The van der Waals surface area contributed by atoms with Gasteiger partial charge < -0.3 is 19.9 Å². The van der Waals surface area contributed by atoms with Gasteiger partial charge in [-0.1, -0.05) is 12.1 Å². The minimum Gasteiger partial charge on any atom is -0.480 e. The lowest BCUT2D eigenvalue weighted by atomic mass is 10.1. The lowest BCUT2D eigenvalue weighted by molar-refractivity contribution is -0.384. The minimum atomic E-state index is -4.98. The molecule has 9 nitrogen and oxygen atoms in total. The fourth-order valence-corrected chi connectivity index (χ4v) is 2.23. The Balaban J connectivity index is 2.21. The Labute approximate surface area is 160 Å². The van der Waals surface area contributed by atoms with Gasteiger partial charge in [-0.25, -0.2) is 4.79 Å². The Morgan fingerprint density at radius 1 is 1.17 bits per heavy atom. The van der Waals surface area contributed by atoms with Crippen molar-refractivity contribution in [3.8, 4) is 11.5 Å². The molecular formula is C17H13F3N2O7. The summed E-state index contributed by atoms with van der Waals surface area (Å²) in [7, 11) is 0. The van der Waals surface area contributed by atoms with Crippen LogP contribution < -0.4 is 14.8 Å². The molecule has 2 N–H and O–H groups in total. The second-order valence-electron chi connectivity index (χ2n) is 5.54. The quantitative estimate of drug-likeness (QED) is 0.502. The van der Waals surface area contributed by atoms with Gasteiger partial charge >= 0.3 is 12.3 Å². The van der Waals surface area contributed by atoms with Crippen molar-refractivity contribution in [2.24, 2.45) is 0 Å². The summed E-state index contributed by atoms with van der Waals surface area (Å²) in [4.78, 5) is 33.0. The number of nitrogens with zero attached hydrogens (tertiary/aromatic N) is 1. The maximum Gasteiger partial charge on any atom is 0.573 e. The summed E-state index contributed by atoms with van der Waals surface area (Å²) in [6, 6.07) is 7.95. The van der Waals surface area contributed by atoms with E-state index in [-0.39, 0.29) is 29.1 Å². The molecule has 0 spiro atoms. The fraction of sp³-hybridized carbons (Fsp3) is 0.176. The number of aliphatic carboxylic acids is 1. The van der Waals surface area contributed by atoms with Gasteiger partial charge in [0, 0.05) is 18.2 Å². The average molecular weight is 414 g/mol. The largest absolute Gasteiger partial charge is 0.573 e. The molecule has 0 radical (unpaired) electrons. The van der Waals surface area contributed by atoms with Gasteiger partial charge in [0.2, 0.25) is 5.91 Å². The lowest BCUT2D eigenvalue weighted by Gasteiger charge is -2.14. The van der Waals surface area contributed by atoms with Crippen LogP contribution in [-0.2, 0) is 16.0 Å². The number of amides is 1. The molecule has 0 aromatic heterocycles. The molecule has 0 saturated carbocycles. The summed E-state index contributed by atoms with van der Waals surface area (Å²) < 4.78 is 45.9. The van der Waals surface area contributed by atoms with Crippen molar-refractivity contribution in [3.05, 3.63) is 58.1 Å². The van der Waals surface area contributed by atoms with Crippen LogP contribution in [0.2, 0.25) is 0 Å². The fourth-order valence-electron chi connectivity index (χ4n) is 2.23. The Morgan fingerprint density at radius 2 is 1.90 bits per heavy atom. The van der Waals surface area contributed by atoms with Gasteiger partial charge in [-0.3, -0.25) is 14.9 Å². The number of nitrogens with one attached hydrogen (secondary N) is 1. The Morgan fingerprint density at radius 3 is 2.52 bits per heavy atom. The van der Waals surface area contributed by atoms with E-state index in [0.29, 0.717) is 0 Å².